The zero-order valence-corrected chi connectivity index (χ0v) is 32.9. The van der Waals surface area contributed by atoms with Crippen molar-refractivity contribution >= 4 is 47.2 Å². The van der Waals surface area contributed by atoms with E-state index in [0.717, 1.165) is 19.3 Å². The van der Waals surface area contributed by atoms with E-state index in [1.54, 1.807) is 37.3 Å². The van der Waals surface area contributed by atoms with Gasteiger partial charge in [0.25, 0.3) is 11.8 Å². The van der Waals surface area contributed by atoms with E-state index in [1.165, 1.54) is 29.2 Å². The Bertz CT molecular complexity index is 1810. The molecule has 16 nitrogen and oxygen atoms in total. The third kappa shape index (κ3) is 12.4. The number of primary amides is 1. The average Bonchev–Trinajstić information content (AvgIpc) is 3.60. The summed E-state index contributed by atoms with van der Waals surface area (Å²) in [5.74, 6) is -7.07. The van der Waals surface area contributed by atoms with Gasteiger partial charge in [0.15, 0.2) is 0 Å². The summed E-state index contributed by atoms with van der Waals surface area (Å²) < 4.78 is 6.22. The Morgan fingerprint density at radius 2 is 1.56 bits per heavy atom. The molecule has 1 saturated carbocycles. The maximum Gasteiger partial charge on any atom is 0.335 e. The van der Waals surface area contributed by atoms with Crippen molar-refractivity contribution in [1.29, 1.82) is 0 Å². The molecule has 0 radical (unpaired) electrons. The molecule has 2 aromatic carbocycles. The first-order chi connectivity index (χ1) is 27.0. The number of carboxylic acid groups (broad SMARTS) is 1. The van der Waals surface area contributed by atoms with Crippen LogP contribution in [0.2, 0.25) is 0 Å². The third-order valence-corrected chi connectivity index (χ3v) is 9.98. The molecule has 1 saturated heterocycles. The van der Waals surface area contributed by atoms with Gasteiger partial charge >= 0.3 is 5.97 Å². The van der Waals surface area contributed by atoms with Gasteiger partial charge in [0.2, 0.25) is 29.4 Å². The van der Waals surface area contributed by atoms with Crippen LogP contribution in [0.5, 0.6) is 0 Å². The summed E-state index contributed by atoms with van der Waals surface area (Å²) in [4.78, 5) is 106. The van der Waals surface area contributed by atoms with Gasteiger partial charge in [-0.25, -0.2) is 4.79 Å². The Kier molecular flexibility index (Phi) is 15.5. The smallest absolute Gasteiger partial charge is 0.335 e. The number of benzene rings is 2. The normalized spacial score (nSPS) is 18.7. The van der Waals surface area contributed by atoms with Crippen LogP contribution >= 0.6 is 0 Å². The highest BCUT2D eigenvalue weighted by Gasteiger charge is 2.46. The van der Waals surface area contributed by atoms with Crippen LogP contribution < -0.4 is 27.0 Å². The number of likely N-dealkylation sites (tertiary alicyclic amines) is 1. The van der Waals surface area contributed by atoms with E-state index in [2.05, 4.69) is 21.3 Å². The Morgan fingerprint density at radius 1 is 0.895 bits per heavy atom. The molecule has 57 heavy (non-hydrogen) atoms. The highest BCUT2D eigenvalue weighted by Crippen LogP contribution is 2.31. The van der Waals surface area contributed by atoms with Crippen LogP contribution in [0.3, 0.4) is 0 Å². The summed E-state index contributed by atoms with van der Waals surface area (Å²) in [6.07, 6.45) is 3.88. The number of nitrogens with zero attached hydrogens (tertiary/aromatic N) is 1. The van der Waals surface area contributed by atoms with Gasteiger partial charge in [-0.2, -0.15) is 0 Å². The highest BCUT2D eigenvalue weighted by atomic mass is 16.5. The maximum absolute atomic E-state index is 14.6. The van der Waals surface area contributed by atoms with Crippen LogP contribution in [0.25, 0.3) is 0 Å². The molecule has 1 heterocycles. The molecule has 2 aromatic rings. The van der Waals surface area contributed by atoms with E-state index >= 15 is 0 Å². The quantitative estimate of drug-likeness (QED) is 0.128. The minimum atomic E-state index is -1.30. The molecule has 7 N–H and O–H groups in total. The van der Waals surface area contributed by atoms with E-state index in [9.17, 15) is 43.5 Å². The summed E-state index contributed by atoms with van der Waals surface area (Å²) in [6, 6.07) is 9.09. The number of Topliss-reactive ketones (excluding diaryl/α,β-unsaturated/α-hetero) is 1. The van der Waals surface area contributed by atoms with Crippen molar-refractivity contribution in [1.82, 2.24) is 26.2 Å². The van der Waals surface area contributed by atoms with Gasteiger partial charge < -0.3 is 41.7 Å². The van der Waals surface area contributed by atoms with Crippen LogP contribution in [-0.2, 0) is 33.5 Å². The summed E-state index contributed by atoms with van der Waals surface area (Å²) >= 11 is 0. The van der Waals surface area contributed by atoms with Crippen molar-refractivity contribution in [2.75, 3.05) is 13.1 Å². The summed E-state index contributed by atoms with van der Waals surface area (Å²) in [5.41, 5.74) is 5.24. The van der Waals surface area contributed by atoms with Gasteiger partial charge in [-0.05, 0) is 69.7 Å². The van der Waals surface area contributed by atoms with Crippen molar-refractivity contribution in [3.63, 3.8) is 0 Å². The summed E-state index contributed by atoms with van der Waals surface area (Å²) in [5, 5.41) is 19.7. The molecule has 5 atom stereocenters. The van der Waals surface area contributed by atoms with Gasteiger partial charge in [0.1, 0.15) is 18.1 Å². The third-order valence-electron chi connectivity index (χ3n) is 9.98. The van der Waals surface area contributed by atoms with E-state index in [4.69, 9.17) is 10.5 Å². The zero-order chi connectivity index (χ0) is 41.9. The lowest BCUT2D eigenvalue weighted by atomic mass is 9.83. The molecule has 2 fully saturated rings. The topological polar surface area (TPSA) is 243 Å². The predicted octanol–water partition coefficient (Wildman–Crippen LogP) is 2.16. The van der Waals surface area contributed by atoms with E-state index in [-0.39, 0.29) is 36.4 Å². The molecule has 0 bridgehead atoms. The summed E-state index contributed by atoms with van der Waals surface area (Å²) in [6.45, 7) is 6.64. The molecule has 308 valence electrons. The van der Waals surface area contributed by atoms with Gasteiger partial charge in [0.05, 0.1) is 29.9 Å². The fraction of sp³-hybridized carbons (Fsp3) is 0.512. The first-order valence-electron chi connectivity index (χ1n) is 19.4. The standard InChI is InChI=1S/C41H54N6O10/c1-5-13-29(34(49)38(53)43-22-31(48)45-32(35(42)50)24-14-8-6-9-15-24)44-37(52)30-21-28(57-41(2,3)4)23-47(30)39(54)33(25-16-10-7-11-17-25)46-36(51)26-18-12-19-27(20-26)40(55)56/h6,8-9,12,14-15,18-20,25,28-30,32-33H,5,7,10-11,13,16-17,21-23H2,1-4H3,(H2,42,50)(H,43,53)(H,44,52)(H,45,48)(H,46,51)(H,55,56). The van der Waals surface area contributed by atoms with Crippen molar-refractivity contribution < 1.29 is 48.2 Å². The Morgan fingerprint density at radius 3 is 2.18 bits per heavy atom. The predicted molar refractivity (Wildman–Crippen MR) is 207 cm³/mol. The van der Waals surface area contributed by atoms with Crippen molar-refractivity contribution in [2.24, 2.45) is 11.7 Å². The molecular weight excluding hydrogens is 736 g/mol. The number of ketones is 1. The first kappa shape index (κ1) is 44.1. The van der Waals surface area contributed by atoms with Crippen molar-refractivity contribution in [3.05, 3.63) is 71.3 Å². The number of hydrogen-bond acceptors (Lipinski definition) is 9. The first-order valence-corrected chi connectivity index (χ1v) is 19.4. The number of amides is 6. The van der Waals surface area contributed by atoms with Gasteiger partial charge in [-0.15, -0.1) is 0 Å². The molecule has 0 spiro atoms. The number of rotatable bonds is 17. The molecule has 1 aliphatic heterocycles. The number of nitrogens with one attached hydrogen (secondary N) is 4. The largest absolute Gasteiger partial charge is 0.478 e. The van der Waals surface area contributed by atoms with E-state index in [1.807, 2.05) is 20.8 Å². The minimum Gasteiger partial charge on any atom is -0.478 e. The second-order valence-corrected chi connectivity index (χ2v) is 15.5. The van der Waals surface area contributed by atoms with Crippen LogP contribution in [0.15, 0.2) is 54.6 Å². The van der Waals surface area contributed by atoms with Crippen LogP contribution in [0.4, 0.5) is 0 Å². The Labute approximate surface area is 332 Å². The number of nitrogens with two attached hydrogens (primary N) is 1. The lowest BCUT2D eigenvalue weighted by Gasteiger charge is -2.35. The van der Waals surface area contributed by atoms with Crippen LogP contribution in [0.1, 0.15) is 111 Å². The summed E-state index contributed by atoms with van der Waals surface area (Å²) in [7, 11) is 0. The Balaban J connectivity index is 1.51. The molecule has 2 aliphatic rings. The molecule has 0 aromatic heterocycles. The second-order valence-electron chi connectivity index (χ2n) is 15.5. The highest BCUT2D eigenvalue weighted by molar-refractivity contribution is 6.38. The number of carbonyl (C=O) groups excluding carboxylic acids is 7. The fourth-order valence-electron chi connectivity index (χ4n) is 7.33. The number of aromatic carboxylic acids is 1. The van der Waals surface area contributed by atoms with E-state index in [0.29, 0.717) is 24.8 Å². The number of hydrogen-bond donors (Lipinski definition) is 6. The lowest BCUT2D eigenvalue weighted by molar-refractivity contribution is -0.143. The molecule has 1 aliphatic carbocycles. The number of carbonyl (C=O) groups is 8. The van der Waals surface area contributed by atoms with Gasteiger partial charge in [0, 0.05) is 18.5 Å². The fourth-order valence-corrected chi connectivity index (χ4v) is 7.33. The SMILES string of the molecule is CCCC(NC(=O)C1CC(OC(C)(C)C)CN1C(=O)C(NC(=O)c1cccc(C(=O)O)c1)C1CCCCC1)C(=O)C(=O)NCC(=O)NC(C(N)=O)c1ccccc1. The minimum absolute atomic E-state index is 0.0129. The maximum atomic E-state index is 14.6. The lowest BCUT2D eigenvalue weighted by Crippen LogP contribution is -2.58. The Hall–Kier alpha value is -5.64. The number of ether oxygens (including phenoxy) is 1. The number of carboxylic acids is 1. The monoisotopic (exact) mass is 790 g/mol. The van der Waals surface area contributed by atoms with Crippen LogP contribution in [0, 0.1) is 5.92 Å². The van der Waals surface area contributed by atoms with Crippen molar-refractivity contribution in [2.45, 2.75) is 115 Å². The van der Waals surface area contributed by atoms with Gasteiger partial charge in [-0.1, -0.05) is 69.0 Å². The van der Waals surface area contributed by atoms with Crippen molar-refractivity contribution in [3.8, 4) is 0 Å². The van der Waals surface area contributed by atoms with Gasteiger partial charge in [-0.3, -0.25) is 33.6 Å². The average molecular weight is 791 g/mol. The molecular formula is C41H54N6O10. The van der Waals surface area contributed by atoms with E-state index < -0.39 is 89.6 Å². The zero-order valence-electron chi connectivity index (χ0n) is 32.9. The molecule has 16 heteroatoms. The molecule has 6 amide bonds. The molecule has 4 rings (SSSR count). The van der Waals surface area contributed by atoms with Crippen LogP contribution in [-0.4, -0.2) is 100 Å². The second kappa shape index (κ2) is 20.0. The molecule has 5 unspecified atom stereocenters.